The molecule has 9 heteroatoms. The second kappa shape index (κ2) is 7.56. The maximum atomic E-state index is 11.2. The van der Waals surface area contributed by atoms with Crippen molar-refractivity contribution in [1.82, 2.24) is 9.97 Å². The number of hydrazine groups is 1. The standard InChI is InChI=1S/C11H20N6O3/c1-3-4-5-16(6-7-18)10-9(17(19)20)8(2)13-11(14-10)15-12/h18H,3-7,12H2,1-2H3,(H,13,14,15). The number of rotatable bonds is 8. The molecule has 0 unspecified atom stereocenters. The molecule has 0 radical (unpaired) electrons. The number of unbranched alkanes of at least 4 members (excludes halogenated alkanes) is 1. The summed E-state index contributed by atoms with van der Waals surface area (Å²) in [7, 11) is 0. The van der Waals surface area contributed by atoms with Crippen molar-refractivity contribution in [1.29, 1.82) is 0 Å². The van der Waals surface area contributed by atoms with Crippen LogP contribution in [0.4, 0.5) is 17.5 Å². The van der Waals surface area contributed by atoms with E-state index in [2.05, 4.69) is 15.4 Å². The van der Waals surface area contributed by atoms with Crippen LogP contribution in [0.5, 0.6) is 0 Å². The van der Waals surface area contributed by atoms with Crippen molar-refractivity contribution in [2.24, 2.45) is 5.84 Å². The molecular formula is C11H20N6O3. The molecule has 0 atom stereocenters. The lowest BCUT2D eigenvalue weighted by Crippen LogP contribution is -2.30. The second-order valence-corrected chi connectivity index (χ2v) is 4.27. The van der Waals surface area contributed by atoms with Gasteiger partial charge in [-0.05, 0) is 13.3 Å². The number of anilines is 2. The number of aliphatic hydroxyl groups is 1. The number of nitrogens with one attached hydrogen (secondary N) is 1. The van der Waals surface area contributed by atoms with Gasteiger partial charge < -0.3 is 10.0 Å². The van der Waals surface area contributed by atoms with Gasteiger partial charge >= 0.3 is 5.69 Å². The normalized spacial score (nSPS) is 10.4. The van der Waals surface area contributed by atoms with Gasteiger partial charge in [0.25, 0.3) is 0 Å². The van der Waals surface area contributed by atoms with E-state index < -0.39 is 4.92 Å². The van der Waals surface area contributed by atoms with E-state index in [0.717, 1.165) is 12.8 Å². The number of aryl methyl sites for hydroxylation is 1. The van der Waals surface area contributed by atoms with Crippen LogP contribution in [0.25, 0.3) is 0 Å². The van der Waals surface area contributed by atoms with Crippen LogP contribution in [0.15, 0.2) is 0 Å². The number of aliphatic hydroxyl groups excluding tert-OH is 1. The molecule has 0 aliphatic carbocycles. The van der Waals surface area contributed by atoms with Crippen LogP contribution < -0.4 is 16.2 Å². The first-order chi connectivity index (χ1) is 9.54. The molecule has 1 aromatic rings. The largest absolute Gasteiger partial charge is 0.395 e. The molecule has 1 rings (SSSR count). The van der Waals surface area contributed by atoms with E-state index in [0.29, 0.717) is 6.54 Å². The van der Waals surface area contributed by atoms with Crippen molar-refractivity contribution in [3.05, 3.63) is 15.8 Å². The van der Waals surface area contributed by atoms with Crippen LogP contribution in [0.2, 0.25) is 0 Å². The third kappa shape index (κ3) is 3.75. The van der Waals surface area contributed by atoms with E-state index >= 15 is 0 Å². The van der Waals surface area contributed by atoms with Gasteiger partial charge in [-0.25, -0.2) is 10.8 Å². The van der Waals surface area contributed by atoms with E-state index in [4.69, 9.17) is 10.9 Å². The Balaban J connectivity index is 3.28. The minimum atomic E-state index is -0.513. The fourth-order valence-electron chi connectivity index (χ4n) is 1.84. The lowest BCUT2D eigenvalue weighted by atomic mass is 10.2. The first-order valence-corrected chi connectivity index (χ1v) is 6.40. The van der Waals surface area contributed by atoms with Crippen LogP contribution in [0.3, 0.4) is 0 Å². The molecule has 20 heavy (non-hydrogen) atoms. The van der Waals surface area contributed by atoms with Gasteiger partial charge in [0.2, 0.25) is 11.8 Å². The third-order valence-electron chi connectivity index (χ3n) is 2.80. The van der Waals surface area contributed by atoms with E-state index in [-0.39, 0.29) is 36.3 Å². The highest BCUT2D eigenvalue weighted by Gasteiger charge is 2.26. The molecule has 0 spiro atoms. The van der Waals surface area contributed by atoms with Crippen molar-refractivity contribution in [3.8, 4) is 0 Å². The molecule has 0 aromatic carbocycles. The highest BCUT2D eigenvalue weighted by molar-refractivity contribution is 5.62. The fraction of sp³-hybridized carbons (Fsp3) is 0.636. The Hall–Kier alpha value is -2.00. The van der Waals surface area contributed by atoms with Gasteiger partial charge in [-0.1, -0.05) is 13.3 Å². The van der Waals surface area contributed by atoms with Gasteiger partial charge in [-0.15, -0.1) is 0 Å². The Morgan fingerprint density at radius 1 is 1.45 bits per heavy atom. The number of nitrogens with two attached hydrogens (primary N) is 1. The summed E-state index contributed by atoms with van der Waals surface area (Å²) in [6, 6.07) is 0. The first kappa shape index (κ1) is 16.1. The van der Waals surface area contributed by atoms with Gasteiger partial charge in [0.05, 0.1) is 11.5 Å². The molecule has 1 heterocycles. The average Bonchev–Trinajstić information content (AvgIpc) is 2.41. The molecule has 1 aromatic heterocycles. The van der Waals surface area contributed by atoms with E-state index in [1.165, 1.54) is 6.92 Å². The van der Waals surface area contributed by atoms with E-state index in [1.54, 1.807) is 4.90 Å². The lowest BCUT2D eigenvalue weighted by Gasteiger charge is -2.23. The quantitative estimate of drug-likeness (QED) is 0.359. The van der Waals surface area contributed by atoms with Crippen LogP contribution in [0.1, 0.15) is 25.5 Å². The summed E-state index contributed by atoms with van der Waals surface area (Å²) >= 11 is 0. The van der Waals surface area contributed by atoms with Crippen molar-refractivity contribution in [2.45, 2.75) is 26.7 Å². The molecular weight excluding hydrogens is 264 g/mol. The Kier molecular flexibility index (Phi) is 6.07. The van der Waals surface area contributed by atoms with Gasteiger partial charge in [0.15, 0.2) is 0 Å². The molecule has 9 nitrogen and oxygen atoms in total. The third-order valence-corrected chi connectivity index (χ3v) is 2.80. The molecule has 0 aliphatic heterocycles. The van der Waals surface area contributed by atoms with Gasteiger partial charge in [0, 0.05) is 13.1 Å². The average molecular weight is 284 g/mol. The number of nitrogens with zero attached hydrogens (tertiary/aromatic N) is 4. The number of hydrogen-bond acceptors (Lipinski definition) is 8. The second-order valence-electron chi connectivity index (χ2n) is 4.27. The number of hydrogen-bond donors (Lipinski definition) is 3. The topological polar surface area (TPSA) is 130 Å². The molecule has 112 valence electrons. The SMILES string of the molecule is CCCCN(CCO)c1nc(NN)nc(C)c1[N+](=O)[O-]. The van der Waals surface area contributed by atoms with Crippen LogP contribution >= 0.6 is 0 Å². The Morgan fingerprint density at radius 2 is 2.15 bits per heavy atom. The Bertz CT molecular complexity index is 468. The number of aromatic nitrogens is 2. The van der Waals surface area contributed by atoms with E-state index in [9.17, 15) is 10.1 Å². The zero-order valence-corrected chi connectivity index (χ0v) is 11.7. The zero-order valence-electron chi connectivity index (χ0n) is 11.7. The smallest absolute Gasteiger partial charge is 0.332 e. The number of nitro groups is 1. The Morgan fingerprint density at radius 3 is 2.65 bits per heavy atom. The van der Waals surface area contributed by atoms with Crippen molar-refractivity contribution < 1.29 is 10.0 Å². The first-order valence-electron chi connectivity index (χ1n) is 6.40. The molecule has 0 fully saturated rings. The van der Waals surface area contributed by atoms with Crippen LogP contribution in [-0.2, 0) is 0 Å². The predicted octanol–water partition coefficient (Wildman–Crippen LogP) is 0.578. The van der Waals surface area contributed by atoms with Crippen molar-refractivity contribution in [3.63, 3.8) is 0 Å². The summed E-state index contributed by atoms with van der Waals surface area (Å²) < 4.78 is 0. The highest BCUT2D eigenvalue weighted by Crippen LogP contribution is 2.29. The minimum absolute atomic E-state index is 0.113. The molecule has 0 aliphatic rings. The minimum Gasteiger partial charge on any atom is -0.395 e. The van der Waals surface area contributed by atoms with Gasteiger partial charge in [-0.3, -0.25) is 15.5 Å². The van der Waals surface area contributed by atoms with Crippen molar-refractivity contribution >= 4 is 17.5 Å². The maximum absolute atomic E-state index is 11.2. The van der Waals surface area contributed by atoms with Gasteiger partial charge in [0.1, 0.15) is 5.69 Å². The zero-order chi connectivity index (χ0) is 15.1. The fourth-order valence-corrected chi connectivity index (χ4v) is 1.84. The summed E-state index contributed by atoms with van der Waals surface area (Å²) in [6.45, 7) is 4.26. The lowest BCUT2D eigenvalue weighted by molar-refractivity contribution is -0.385. The molecule has 0 saturated carbocycles. The van der Waals surface area contributed by atoms with Crippen molar-refractivity contribution in [2.75, 3.05) is 30.0 Å². The molecule has 0 amide bonds. The summed E-state index contributed by atoms with van der Waals surface area (Å²) in [6.07, 6.45) is 1.77. The monoisotopic (exact) mass is 284 g/mol. The molecule has 0 saturated heterocycles. The highest BCUT2D eigenvalue weighted by atomic mass is 16.6. The summed E-state index contributed by atoms with van der Waals surface area (Å²) in [5, 5.41) is 20.3. The maximum Gasteiger partial charge on any atom is 0.332 e. The predicted molar refractivity (Wildman–Crippen MR) is 75.4 cm³/mol. The summed E-state index contributed by atoms with van der Waals surface area (Å²) in [4.78, 5) is 20.4. The summed E-state index contributed by atoms with van der Waals surface area (Å²) in [5.41, 5.74) is 2.36. The summed E-state index contributed by atoms with van der Waals surface area (Å²) in [5.74, 6) is 5.57. The Labute approximate surface area is 116 Å². The molecule has 4 N–H and O–H groups in total. The molecule has 0 bridgehead atoms. The van der Waals surface area contributed by atoms with Crippen LogP contribution in [-0.4, -0.2) is 39.7 Å². The van der Waals surface area contributed by atoms with Gasteiger partial charge in [-0.2, -0.15) is 4.98 Å². The van der Waals surface area contributed by atoms with Crippen LogP contribution in [0, 0.1) is 17.0 Å². The van der Waals surface area contributed by atoms with E-state index in [1.807, 2.05) is 6.92 Å². The number of nitrogen functional groups attached to an aromatic ring is 1.